The number of ether oxygens (including phenoxy) is 1. The zero-order valence-corrected chi connectivity index (χ0v) is 13.9. The van der Waals surface area contributed by atoms with E-state index in [2.05, 4.69) is 57.0 Å². The Labute approximate surface area is 135 Å². The van der Waals surface area contributed by atoms with E-state index < -0.39 is 0 Å². The van der Waals surface area contributed by atoms with Crippen LogP contribution in [0, 0.1) is 0 Å². The van der Waals surface area contributed by atoms with Gasteiger partial charge in [-0.25, -0.2) is 4.98 Å². The highest BCUT2D eigenvalue weighted by molar-refractivity contribution is 9.09. The summed E-state index contributed by atoms with van der Waals surface area (Å²) in [6.07, 6.45) is 2.81. The van der Waals surface area contributed by atoms with Crippen LogP contribution in [0.2, 0.25) is 0 Å². The number of pyridine rings is 1. The molecular weight excluding hydrogens is 328 g/mol. The van der Waals surface area contributed by atoms with E-state index in [-0.39, 0.29) is 0 Å². The molecule has 21 heavy (non-hydrogen) atoms. The molecule has 0 atom stereocenters. The maximum atomic E-state index is 5.83. The van der Waals surface area contributed by atoms with Crippen LogP contribution in [0.4, 0.5) is 5.82 Å². The van der Waals surface area contributed by atoms with Gasteiger partial charge in [0.05, 0.1) is 6.61 Å². The van der Waals surface area contributed by atoms with Crippen molar-refractivity contribution in [3.63, 3.8) is 0 Å². The Bertz CT molecular complexity index is 533. The quantitative estimate of drug-likeness (QED) is 0.666. The standard InChI is InChI=1S/C17H21BrN2O/c1-2-13-21-16-9-6-11-19-17(16)20(12-10-18)14-15-7-4-3-5-8-15/h3-9,11H,2,10,12-14H2,1H3. The minimum absolute atomic E-state index is 0.714. The fourth-order valence-electron chi connectivity index (χ4n) is 2.11. The summed E-state index contributed by atoms with van der Waals surface area (Å²) in [5.74, 6) is 1.77. The Morgan fingerprint density at radius 1 is 1.14 bits per heavy atom. The molecule has 0 fully saturated rings. The Hall–Kier alpha value is -1.55. The molecule has 0 N–H and O–H groups in total. The number of anilines is 1. The van der Waals surface area contributed by atoms with Crippen LogP contribution >= 0.6 is 15.9 Å². The van der Waals surface area contributed by atoms with E-state index in [0.717, 1.165) is 36.4 Å². The molecule has 2 rings (SSSR count). The molecule has 1 aromatic carbocycles. The van der Waals surface area contributed by atoms with Crippen molar-refractivity contribution in [2.45, 2.75) is 19.9 Å². The Kier molecular flexibility index (Phi) is 6.54. The summed E-state index contributed by atoms with van der Waals surface area (Å²) in [5.41, 5.74) is 1.27. The van der Waals surface area contributed by atoms with Crippen molar-refractivity contribution in [3.8, 4) is 5.75 Å². The van der Waals surface area contributed by atoms with Gasteiger partial charge in [-0.3, -0.25) is 0 Å². The zero-order valence-electron chi connectivity index (χ0n) is 12.3. The average Bonchev–Trinajstić information content (AvgIpc) is 2.54. The summed E-state index contributed by atoms with van der Waals surface area (Å²) in [4.78, 5) is 6.77. The number of rotatable bonds is 8. The van der Waals surface area contributed by atoms with Gasteiger partial charge in [0.1, 0.15) is 0 Å². The summed E-state index contributed by atoms with van der Waals surface area (Å²) >= 11 is 3.53. The second-order valence-electron chi connectivity index (χ2n) is 4.77. The monoisotopic (exact) mass is 348 g/mol. The summed E-state index contributed by atoms with van der Waals surface area (Å²) in [6.45, 7) is 4.53. The number of benzene rings is 1. The highest BCUT2D eigenvalue weighted by atomic mass is 79.9. The summed E-state index contributed by atoms with van der Waals surface area (Å²) in [5, 5.41) is 0.892. The third kappa shape index (κ3) is 4.74. The lowest BCUT2D eigenvalue weighted by Crippen LogP contribution is -2.26. The predicted octanol–water partition coefficient (Wildman–Crippen LogP) is 4.27. The molecule has 0 unspecified atom stereocenters. The van der Waals surface area contributed by atoms with E-state index in [0.29, 0.717) is 6.61 Å². The van der Waals surface area contributed by atoms with Crippen LogP contribution in [-0.4, -0.2) is 23.5 Å². The van der Waals surface area contributed by atoms with Gasteiger partial charge in [0.2, 0.25) is 0 Å². The van der Waals surface area contributed by atoms with Gasteiger partial charge >= 0.3 is 0 Å². The largest absolute Gasteiger partial charge is 0.490 e. The first-order chi connectivity index (χ1) is 10.3. The first-order valence-corrected chi connectivity index (χ1v) is 8.40. The molecule has 2 aromatic rings. The first kappa shape index (κ1) is 15.8. The van der Waals surface area contributed by atoms with Crippen LogP contribution in [0.3, 0.4) is 0 Å². The molecule has 0 aliphatic heterocycles. The summed E-state index contributed by atoms with van der Waals surface area (Å²) in [6, 6.07) is 14.3. The fraction of sp³-hybridized carbons (Fsp3) is 0.353. The van der Waals surface area contributed by atoms with Gasteiger partial charge in [0.25, 0.3) is 0 Å². The molecule has 3 nitrogen and oxygen atoms in total. The maximum absolute atomic E-state index is 5.83. The molecule has 1 aromatic heterocycles. The van der Waals surface area contributed by atoms with Crippen LogP contribution in [0.5, 0.6) is 5.75 Å². The fourth-order valence-corrected chi connectivity index (χ4v) is 2.54. The van der Waals surface area contributed by atoms with Crippen LogP contribution in [-0.2, 0) is 6.54 Å². The minimum atomic E-state index is 0.714. The second-order valence-corrected chi connectivity index (χ2v) is 5.56. The SMILES string of the molecule is CCCOc1cccnc1N(CCBr)Cc1ccccc1. The number of hydrogen-bond acceptors (Lipinski definition) is 3. The highest BCUT2D eigenvalue weighted by Gasteiger charge is 2.13. The molecule has 1 heterocycles. The third-order valence-electron chi connectivity index (χ3n) is 3.08. The molecule has 0 radical (unpaired) electrons. The predicted molar refractivity (Wildman–Crippen MR) is 91.3 cm³/mol. The Morgan fingerprint density at radius 3 is 2.67 bits per heavy atom. The van der Waals surface area contributed by atoms with Crippen LogP contribution in [0.1, 0.15) is 18.9 Å². The van der Waals surface area contributed by atoms with Gasteiger partial charge in [-0.15, -0.1) is 0 Å². The van der Waals surface area contributed by atoms with Gasteiger partial charge < -0.3 is 9.64 Å². The van der Waals surface area contributed by atoms with Crippen molar-refractivity contribution in [2.75, 3.05) is 23.4 Å². The minimum Gasteiger partial charge on any atom is -0.490 e. The molecule has 0 spiro atoms. The Morgan fingerprint density at radius 2 is 1.95 bits per heavy atom. The number of nitrogens with zero attached hydrogens (tertiary/aromatic N) is 2. The first-order valence-electron chi connectivity index (χ1n) is 7.27. The topological polar surface area (TPSA) is 25.4 Å². The van der Waals surface area contributed by atoms with Gasteiger partial charge in [0, 0.05) is 24.6 Å². The van der Waals surface area contributed by atoms with Gasteiger partial charge in [-0.05, 0) is 24.1 Å². The number of aromatic nitrogens is 1. The van der Waals surface area contributed by atoms with Crippen LogP contribution < -0.4 is 9.64 Å². The van der Waals surface area contributed by atoms with E-state index in [4.69, 9.17) is 4.74 Å². The zero-order chi connectivity index (χ0) is 14.9. The molecule has 0 amide bonds. The van der Waals surface area contributed by atoms with E-state index in [1.807, 2.05) is 24.4 Å². The lowest BCUT2D eigenvalue weighted by molar-refractivity contribution is 0.316. The molecular formula is C17H21BrN2O. The number of alkyl halides is 1. The van der Waals surface area contributed by atoms with Gasteiger partial charge in [0.15, 0.2) is 11.6 Å². The van der Waals surface area contributed by atoms with Gasteiger partial charge in [-0.2, -0.15) is 0 Å². The molecule has 4 heteroatoms. The highest BCUT2D eigenvalue weighted by Crippen LogP contribution is 2.26. The van der Waals surface area contributed by atoms with Crippen LogP contribution in [0.15, 0.2) is 48.7 Å². The molecule has 0 bridgehead atoms. The van der Waals surface area contributed by atoms with E-state index in [9.17, 15) is 0 Å². The average molecular weight is 349 g/mol. The molecule has 0 aliphatic rings. The van der Waals surface area contributed by atoms with Crippen molar-refractivity contribution in [2.24, 2.45) is 0 Å². The lowest BCUT2D eigenvalue weighted by Gasteiger charge is -2.25. The van der Waals surface area contributed by atoms with Gasteiger partial charge in [-0.1, -0.05) is 53.2 Å². The van der Waals surface area contributed by atoms with Crippen molar-refractivity contribution in [1.29, 1.82) is 0 Å². The van der Waals surface area contributed by atoms with E-state index in [1.165, 1.54) is 5.56 Å². The summed E-state index contributed by atoms with van der Waals surface area (Å²) in [7, 11) is 0. The Balaban J connectivity index is 2.21. The van der Waals surface area contributed by atoms with Crippen molar-refractivity contribution >= 4 is 21.7 Å². The maximum Gasteiger partial charge on any atom is 0.171 e. The second kappa shape index (κ2) is 8.67. The molecule has 112 valence electrons. The summed E-state index contributed by atoms with van der Waals surface area (Å²) < 4.78 is 5.83. The van der Waals surface area contributed by atoms with Crippen molar-refractivity contribution < 1.29 is 4.74 Å². The molecule has 0 saturated heterocycles. The van der Waals surface area contributed by atoms with E-state index in [1.54, 1.807) is 0 Å². The van der Waals surface area contributed by atoms with E-state index >= 15 is 0 Å². The number of halogens is 1. The molecule has 0 aliphatic carbocycles. The molecule has 0 saturated carbocycles. The third-order valence-corrected chi connectivity index (χ3v) is 3.44. The smallest absolute Gasteiger partial charge is 0.171 e. The lowest BCUT2D eigenvalue weighted by atomic mass is 10.2. The van der Waals surface area contributed by atoms with Crippen molar-refractivity contribution in [1.82, 2.24) is 4.98 Å². The van der Waals surface area contributed by atoms with Crippen LogP contribution in [0.25, 0.3) is 0 Å². The van der Waals surface area contributed by atoms with Crippen molar-refractivity contribution in [3.05, 3.63) is 54.2 Å². The number of hydrogen-bond donors (Lipinski definition) is 0. The normalized spacial score (nSPS) is 10.4.